The average Bonchev–Trinajstić information content (AvgIpc) is 3.16. The Morgan fingerprint density at radius 2 is 1.85 bits per heavy atom. The van der Waals surface area contributed by atoms with Crippen molar-refractivity contribution in [2.75, 3.05) is 17.2 Å². The molecule has 3 aromatic carbocycles. The van der Waals surface area contributed by atoms with Crippen LogP contribution in [0, 0.1) is 5.82 Å². The van der Waals surface area contributed by atoms with Crippen LogP contribution in [0.4, 0.5) is 15.8 Å². The molecule has 7 heteroatoms. The van der Waals surface area contributed by atoms with Crippen molar-refractivity contribution in [1.82, 2.24) is 0 Å². The van der Waals surface area contributed by atoms with E-state index in [4.69, 9.17) is 10.5 Å². The molecule has 4 rings (SSSR count). The highest BCUT2D eigenvalue weighted by Crippen LogP contribution is 2.38. The van der Waals surface area contributed by atoms with Crippen molar-refractivity contribution in [3.63, 3.8) is 0 Å². The predicted octanol–water partition coefficient (Wildman–Crippen LogP) is 4.71. The van der Waals surface area contributed by atoms with Crippen LogP contribution in [-0.2, 0) is 27.3 Å². The van der Waals surface area contributed by atoms with Crippen LogP contribution >= 0.6 is 0 Å². The largest absolute Gasteiger partial charge is 0.466 e. The topological polar surface area (TPSA) is 93.4 Å². The molecule has 0 atom stereocenters. The first-order chi connectivity index (χ1) is 16.5. The fraction of sp³-hybridized carbons (Fsp3) is 0.185. The molecule has 0 aliphatic carbocycles. The Balaban J connectivity index is 1.76. The number of amides is 1. The third-order valence-electron chi connectivity index (χ3n) is 5.57. The molecule has 34 heavy (non-hydrogen) atoms. The van der Waals surface area contributed by atoms with E-state index >= 15 is 0 Å². The Hall–Kier alpha value is -3.97. The summed E-state index contributed by atoms with van der Waals surface area (Å²) in [7, 11) is 0. The molecule has 0 fully saturated rings. The van der Waals surface area contributed by atoms with Gasteiger partial charge >= 0.3 is 5.97 Å². The quantitative estimate of drug-likeness (QED) is 0.335. The van der Waals surface area contributed by atoms with Crippen molar-refractivity contribution in [2.45, 2.75) is 26.3 Å². The number of esters is 1. The van der Waals surface area contributed by atoms with Gasteiger partial charge in [-0.25, -0.2) is 4.39 Å². The van der Waals surface area contributed by atoms with Crippen molar-refractivity contribution in [2.24, 2.45) is 5.73 Å². The molecule has 1 aliphatic rings. The van der Waals surface area contributed by atoms with E-state index < -0.39 is 5.82 Å². The second-order valence-corrected chi connectivity index (χ2v) is 7.93. The number of carbonyl (C=O) groups excluding carboxylic acids is 2. The van der Waals surface area contributed by atoms with Gasteiger partial charge in [-0.15, -0.1) is 0 Å². The van der Waals surface area contributed by atoms with E-state index in [9.17, 15) is 14.0 Å². The molecule has 4 N–H and O–H groups in total. The van der Waals surface area contributed by atoms with E-state index in [0.717, 1.165) is 22.4 Å². The fourth-order valence-corrected chi connectivity index (χ4v) is 3.90. The number of carbonyl (C=O) groups is 2. The molecular formula is C27H26FN3O3. The molecule has 0 saturated carbocycles. The Morgan fingerprint density at radius 1 is 1.06 bits per heavy atom. The summed E-state index contributed by atoms with van der Waals surface area (Å²) in [5.74, 6) is -0.998. The van der Waals surface area contributed by atoms with E-state index in [-0.39, 0.29) is 18.3 Å². The molecule has 1 amide bonds. The predicted molar refractivity (Wildman–Crippen MR) is 131 cm³/mol. The molecule has 0 bridgehead atoms. The van der Waals surface area contributed by atoms with Crippen molar-refractivity contribution >= 4 is 34.5 Å². The molecule has 3 aromatic rings. The number of aryl methyl sites for hydroxylation is 1. The van der Waals surface area contributed by atoms with Crippen LogP contribution in [0.25, 0.3) is 11.3 Å². The number of hydrogen-bond donors (Lipinski definition) is 3. The lowest BCUT2D eigenvalue weighted by Gasteiger charge is -2.16. The fourth-order valence-electron chi connectivity index (χ4n) is 3.90. The standard InChI is InChI=1S/C27H26FN3O3/c1-2-34-24(32)13-8-17-4-3-5-19(14-17)26(30-21-10-6-18(16-29)7-11-21)25-22-12-9-20(28)15-23(22)31-27(25)33/h3-7,9-12,14-15,30H,2,8,13,16,29H2,1H3,(H,31,33)/b26-25-. The summed E-state index contributed by atoms with van der Waals surface area (Å²) in [6.07, 6.45) is 0.772. The minimum Gasteiger partial charge on any atom is -0.466 e. The number of halogens is 1. The van der Waals surface area contributed by atoms with Crippen LogP contribution in [0.15, 0.2) is 66.7 Å². The van der Waals surface area contributed by atoms with Gasteiger partial charge in [0.1, 0.15) is 5.82 Å². The summed E-state index contributed by atoms with van der Waals surface area (Å²) in [5, 5.41) is 6.14. The van der Waals surface area contributed by atoms with E-state index in [2.05, 4.69) is 10.6 Å². The van der Waals surface area contributed by atoms with Crippen LogP contribution in [0.5, 0.6) is 0 Å². The molecule has 6 nitrogen and oxygen atoms in total. The molecule has 0 aromatic heterocycles. The summed E-state index contributed by atoms with van der Waals surface area (Å²) >= 11 is 0. The molecular weight excluding hydrogens is 433 g/mol. The normalized spacial score (nSPS) is 13.8. The molecule has 0 radical (unpaired) electrons. The van der Waals surface area contributed by atoms with Crippen molar-refractivity contribution < 1.29 is 18.7 Å². The van der Waals surface area contributed by atoms with E-state index in [1.807, 2.05) is 48.5 Å². The maximum Gasteiger partial charge on any atom is 0.306 e. The highest BCUT2D eigenvalue weighted by molar-refractivity contribution is 6.37. The number of nitrogens with one attached hydrogen (secondary N) is 2. The number of benzene rings is 3. The first-order valence-corrected chi connectivity index (χ1v) is 11.1. The first-order valence-electron chi connectivity index (χ1n) is 11.1. The first kappa shape index (κ1) is 23.2. The summed E-state index contributed by atoms with van der Waals surface area (Å²) in [4.78, 5) is 24.8. The van der Waals surface area contributed by atoms with Gasteiger partial charge in [0.25, 0.3) is 5.91 Å². The second kappa shape index (κ2) is 10.3. The van der Waals surface area contributed by atoms with E-state index in [0.29, 0.717) is 42.1 Å². The monoisotopic (exact) mass is 459 g/mol. The minimum atomic E-state index is -0.423. The van der Waals surface area contributed by atoms with Crippen LogP contribution in [0.1, 0.15) is 35.6 Å². The Kier molecular flexibility index (Phi) is 7.04. The lowest BCUT2D eigenvalue weighted by Crippen LogP contribution is -2.10. The third-order valence-corrected chi connectivity index (χ3v) is 5.57. The average molecular weight is 460 g/mol. The molecule has 1 heterocycles. The van der Waals surface area contributed by atoms with Gasteiger partial charge in [-0.1, -0.05) is 30.3 Å². The molecule has 174 valence electrons. The SMILES string of the molecule is CCOC(=O)CCc1cccc(/C(Nc2ccc(CN)cc2)=C2/C(=O)Nc3cc(F)ccc32)c1. The van der Waals surface area contributed by atoms with Crippen LogP contribution in [-0.4, -0.2) is 18.5 Å². The third kappa shape index (κ3) is 5.15. The van der Waals surface area contributed by atoms with Crippen LogP contribution in [0.2, 0.25) is 0 Å². The molecule has 0 spiro atoms. The van der Waals surface area contributed by atoms with Crippen LogP contribution in [0.3, 0.4) is 0 Å². The maximum atomic E-state index is 13.8. The second-order valence-electron chi connectivity index (χ2n) is 7.93. The lowest BCUT2D eigenvalue weighted by atomic mass is 9.97. The summed E-state index contributed by atoms with van der Waals surface area (Å²) < 4.78 is 18.8. The van der Waals surface area contributed by atoms with Crippen molar-refractivity contribution in [3.05, 3.63) is 94.8 Å². The summed E-state index contributed by atoms with van der Waals surface area (Å²) in [6.45, 7) is 2.55. The lowest BCUT2D eigenvalue weighted by molar-refractivity contribution is -0.143. The Bertz CT molecular complexity index is 1250. The van der Waals surface area contributed by atoms with E-state index in [1.54, 1.807) is 13.0 Å². The molecule has 0 saturated heterocycles. The summed E-state index contributed by atoms with van der Waals surface area (Å²) in [5.41, 5.74) is 11.2. The van der Waals surface area contributed by atoms with E-state index in [1.165, 1.54) is 12.1 Å². The van der Waals surface area contributed by atoms with Crippen molar-refractivity contribution in [3.8, 4) is 0 Å². The zero-order chi connectivity index (χ0) is 24.1. The van der Waals surface area contributed by atoms with Gasteiger partial charge in [0.15, 0.2) is 0 Å². The van der Waals surface area contributed by atoms with Gasteiger partial charge in [0, 0.05) is 24.2 Å². The minimum absolute atomic E-state index is 0.254. The van der Waals surface area contributed by atoms with Crippen molar-refractivity contribution in [1.29, 1.82) is 0 Å². The number of ether oxygens (including phenoxy) is 1. The highest BCUT2D eigenvalue weighted by atomic mass is 19.1. The van der Waals surface area contributed by atoms with Gasteiger partial charge in [0.2, 0.25) is 0 Å². The Labute approximate surface area is 197 Å². The smallest absolute Gasteiger partial charge is 0.306 e. The zero-order valence-electron chi connectivity index (χ0n) is 18.9. The van der Waals surface area contributed by atoms with Gasteiger partial charge in [-0.2, -0.15) is 0 Å². The van der Waals surface area contributed by atoms with Gasteiger partial charge in [-0.05, 0) is 66.4 Å². The van der Waals surface area contributed by atoms with Gasteiger partial charge in [0.05, 0.1) is 23.6 Å². The van der Waals surface area contributed by atoms with Gasteiger partial charge in [-0.3, -0.25) is 9.59 Å². The van der Waals surface area contributed by atoms with Gasteiger partial charge < -0.3 is 21.1 Å². The van der Waals surface area contributed by atoms with Crippen LogP contribution < -0.4 is 16.4 Å². The number of fused-ring (bicyclic) bond motifs is 1. The zero-order valence-corrected chi connectivity index (χ0v) is 18.9. The summed E-state index contributed by atoms with van der Waals surface area (Å²) in [6, 6.07) is 19.5. The highest BCUT2D eigenvalue weighted by Gasteiger charge is 2.29. The number of nitrogens with two attached hydrogens (primary N) is 1. The Morgan fingerprint density at radius 3 is 2.59 bits per heavy atom. The molecule has 0 unspecified atom stereocenters. The number of rotatable bonds is 8. The maximum absolute atomic E-state index is 13.8. The number of anilines is 2. The molecule has 1 aliphatic heterocycles. The number of hydrogen-bond acceptors (Lipinski definition) is 5.